The van der Waals surface area contributed by atoms with E-state index in [1.54, 1.807) is 0 Å². The Morgan fingerprint density at radius 1 is 0.571 bits per heavy atom. The molecule has 0 N–H and O–H groups in total. The van der Waals surface area contributed by atoms with Crippen molar-refractivity contribution < 1.29 is 39.9 Å². The first-order chi connectivity index (χ1) is 13.1. The molecule has 0 atom stereocenters. The molecule has 0 bridgehead atoms. The first kappa shape index (κ1) is 20.8. The molecule has 0 fully saturated rings. The van der Waals surface area contributed by atoms with Gasteiger partial charge >= 0.3 is 0 Å². The third kappa shape index (κ3) is 3.27. The van der Waals surface area contributed by atoms with Gasteiger partial charge in [-0.3, -0.25) is 4.79 Å². The average molecular weight is 404 g/mol. The average Bonchev–Trinajstić information content (AvgIpc) is 2.66. The minimum absolute atomic E-state index is 0.880. The summed E-state index contributed by atoms with van der Waals surface area (Å²) in [6.07, 6.45) is -2.89. The van der Waals surface area contributed by atoms with E-state index in [0.29, 0.717) is 0 Å². The number of Topliss-reactive ketones (excluding diaryl/α,β-unsaturated/α-hetero) is 1. The smallest absolute Gasteiger partial charge is 0.180 e. The number of nitrogens with zero attached hydrogens (tertiary/aromatic N) is 2. The molecule has 0 heterocycles. The SMILES string of the molecule is N#Cc1c(F)c(F)c(CC(=O)Cc2c(F)c(F)c(C#N)c(F)c2F)c(F)c1F. The van der Waals surface area contributed by atoms with Crippen LogP contribution in [0, 0.1) is 69.2 Å². The van der Waals surface area contributed by atoms with Gasteiger partial charge in [-0.2, -0.15) is 10.5 Å². The molecule has 0 aromatic heterocycles. The van der Waals surface area contributed by atoms with E-state index in [0.717, 1.165) is 12.1 Å². The van der Waals surface area contributed by atoms with E-state index in [2.05, 4.69) is 0 Å². The largest absolute Gasteiger partial charge is 0.299 e. The normalized spacial score (nSPS) is 10.5. The summed E-state index contributed by atoms with van der Waals surface area (Å²) in [6, 6.07) is 1.76. The van der Waals surface area contributed by atoms with E-state index in [-0.39, 0.29) is 0 Å². The number of carbonyl (C=O) groups is 1. The minimum atomic E-state index is -2.09. The van der Waals surface area contributed by atoms with Crippen LogP contribution in [-0.2, 0) is 17.6 Å². The van der Waals surface area contributed by atoms with E-state index in [1.165, 1.54) is 0 Å². The molecule has 2 aromatic carbocycles. The summed E-state index contributed by atoms with van der Waals surface area (Å²) in [7, 11) is 0. The number of halogens is 8. The fourth-order valence-corrected chi connectivity index (χ4v) is 2.32. The topological polar surface area (TPSA) is 64.7 Å². The van der Waals surface area contributed by atoms with E-state index in [4.69, 9.17) is 10.5 Å². The summed E-state index contributed by atoms with van der Waals surface area (Å²) in [5, 5.41) is 16.9. The molecule has 0 amide bonds. The van der Waals surface area contributed by atoms with Gasteiger partial charge in [-0.15, -0.1) is 0 Å². The molecular weight excluding hydrogens is 400 g/mol. The van der Waals surface area contributed by atoms with Gasteiger partial charge in [0.15, 0.2) is 46.5 Å². The van der Waals surface area contributed by atoms with Crippen molar-refractivity contribution in [3.63, 3.8) is 0 Å². The van der Waals surface area contributed by atoms with E-state index < -0.39 is 87.4 Å². The third-order valence-corrected chi connectivity index (χ3v) is 3.68. The van der Waals surface area contributed by atoms with Crippen molar-refractivity contribution in [2.24, 2.45) is 0 Å². The summed E-state index contributed by atoms with van der Waals surface area (Å²) in [6.45, 7) is 0. The fourth-order valence-electron chi connectivity index (χ4n) is 2.32. The molecule has 0 unspecified atom stereocenters. The lowest BCUT2D eigenvalue weighted by Gasteiger charge is -2.10. The van der Waals surface area contributed by atoms with Gasteiger partial charge in [-0.25, -0.2) is 35.1 Å². The van der Waals surface area contributed by atoms with Crippen molar-refractivity contribution in [2.45, 2.75) is 12.8 Å². The second-order valence-electron chi connectivity index (χ2n) is 5.33. The fraction of sp³-hybridized carbons (Fsp3) is 0.118. The summed E-state index contributed by atoms with van der Waals surface area (Å²) in [5.74, 6) is -18.1. The summed E-state index contributed by atoms with van der Waals surface area (Å²) in [5.41, 5.74) is -6.12. The Morgan fingerprint density at radius 3 is 1.04 bits per heavy atom. The van der Waals surface area contributed by atoms with E-state index in [9.17, 15) is 39.9 Å². The highest BCUT2D eigenvalue weighted by molar-refractivity contribution is 5.83. The number of benzene rings is 2. The van der Waals surface area contributed by atoms with Crippen molar-refractivity contribution in [3.05, 3.63) is 68.8 Å². The summed E-state index contributed by atoms with van der Waals surface area (Å²) in [4.78, 5) is 11.9. The highest BCUT2D eigenvalue weighted by Crippen LogP contribution is 2.27. The predicted molar refractivity (Wildman–Crippen MR) is 74.4 cm³/mol. The van der Waals surface area contributed by atoms with Crippen LogP contribution < -0.4 is 0 Å². The Bertz CT molecular complexity index is 955. The molecular formula is C17H4F8N2O. The van der Waals surface area contributed by atoms with Crippen LogP contribution in [0.1, 0.15) is 22.3 Å². The first-order valence-corrected chi connectivity index (χ1v) is 7.08. The van der Waals surface area contributed by atoms with Crippen LogP contribution in [0.2, 0.25) is 0 Å². The van der Waals surface area contributed by atoms with Crippen LogP contribution in [0.3, 0.4) is 0 Å². The van der Waals surface area contributed by atoms with Gasteiger partial charge in [0.05, 0.1) is 0 Å². The summed E-state index contributed by atoms with van der Waals surface area (Å²) >= 11 is 0. The van der Waals surface area contributed by atoms with Crippen molar-refractivity contribution in [1.29, 1.82) is 10.5 Å². The first-order valence-electron chi connectivity index (χ1n) is 7.08. The molecule has 11 heteroatoms. The van der Waals surface area contributed by atoms with E-state index >= 15 is 0 Å². The molecule has 0 aliphatic rings. The number of carbonyl (C=O) groups excluding carboxylic acids is 1. The Balaban J connectivity index is 2.46. The van der Waals surface area contributed by atoms with Crippen LogP contribution in [-0.4, -0.2) is 5.78 Å². The molecule has 144 valence electrons. The second-order valence-corrected chi connectivity index (χ2v) is 5.33. The number of hydrogen-bond acceptors (Lipinski definition) is 3. The molecule has 0 saturated heterocycles. The predicted octanol–water partition coefficient (Wildman–Crippen LogP) is 3.90. The highest BCUT2D eigenvalue weighted by Gasteiger charge is 2.29. The Hall–Kier alpha value is -3.47. The van der Waals surface area contributed by atoms with Crippen molar-refractivity contribution >= 4 is 5.78 Å². The lowest BCUT2D eigenvalue weighted by atomic mass is 9.98. The molecule has 0 aliphatic heterocycles. The third-order valence-electron chi connectivity index (χ3n) is 3.68. The lowest BCUT2D eigenvalue weighted by Crippen LogP contribution is -2.16. The second kappa shape index (κ2) is 7.64. The van der Waals surface area contributed by atoms with Gasteiger partial charge in [0.2, 0.25) is 0 Å². The maximum atomic E-state index is 13.8. The molecule has 0 saturated carbocycles. The Labute approximate surface area is 151 Å². The lowest BCUT2D eigenvalue weighted by molar-refractivity contribution is -0.118. The van der Waals surface area contributed by atoms with Gasteiger partial charge in [-0.1, -0.05) is 0 Å². The molecule has 2 rings (SSSR count). The van der Waals surface area contributed by atoms with Gasteiger partial charge in [0.1, 0.15) is 29.0 Å². The molecule has 3 nitrogen and oxygen atoms in total. The quantitative estimate of drug-likeness (QED) is 0.574. The monoisotopic (exact) mass is 404 g/mol. The van der Waals surface area contributed by atoms with Crippen LogP contribution in [0.25, 0.3) is 0 Å². The molecule has 28 heavy (non-hydrogen) atoms. The van der Waals surface area contributed by atoms with Crippen molar-refractivity contribution in [2.75, 3.05) is 0 Å². The van der Waals surface area contributed by atoms with E-state index in [1.807, 2.05) is 0 Å². The number of rotatable bonds is 4. The van der Waals surface area contributed by atoms with Gasteiger partial charge < -0.3 is 0 Å². The molecule has 2 aromatic rings. The zero-order valence-corrected chi connectivity index (χ0v) is 13.2. The zero-order valence-electron chi connectivity index (χ0n) is 13.2. The van der Waals surface area contributed by atoms with Gasteiger partial charge in [0.25, 0.3) is 0 Å². The standard InChI is InChI=1S/C17H4F8N2O/c18-10-6(11(19)15(23)8(3-26)14(10)22)1-5(28)2-7-12(20)16(24)9(4-27)17(25)13(7)21/h1-2H2. The number of hydrogen-bond donors (Lipinski definition) is 0. The molecule has 0 spiro atoms. The number of ketones is 1. The van der Waals surface area contributed by atoms with Crippen LogP contribution >= 0.6 is 0 Å². The molecule has 0 radical (unpaired) electrons. The Morgan fingerprint density at radius 2 is 0.821 bits per heavy atom. The van der Waals surface area contributed by atoms with Gasteiger partial charge in [-0.05, 0) is 0 Å². The maximum absolute atomic E-state index is 13.8. The maximum Gasteiger partial charge on any atom is 0.180 e. The van der Waals surface area contributed by atoms with Crippen molar-refractivity contribution in [3.8, 4) is 12.1 Å². The summed E-state index contributed by atoms with van der Waals surface area (Å²) < 4.78 is 109. The van der Waals surface area contributed by atoms with Gasteiger partial charge in [0, 0.05) is 24.0 Å². The van der Waals surface area contributed by atoms with Crippen LogP contribution in [0.15, 0.2) is 0 Å². The highest BCUT2D eigenvalue weighted by atomic mass is 19.2. The molecule has 0 aliphatic carbocycles. The number of nitriles is 2. The van der Waals surface area contributed by atoms with Crippen LogP contribution in [0.5, 0.6) is 0 Å². The van der Waals surface area contributed by atoms with Crippen molar-refractivity contribution in [1.82, 2.24) is 0 Å². The minimum Gasteiger partial charge on any atom is -0.299 e. The Kier molecular flexibility index (Phi) is 5.69. The zero-order chi connectivity index (χ0) is 21.3. The van der Waals surface area contributed by atoms with Crippen LogP contribution in [0.4, 0.5) is 35.1 Å².